The summed E-state index contributed by atoms with van der Waals surface area (Å²) in [5.74, 6) is 0. The van der Waals surface area contributed by atoms with Gasteiger partial charge in [0.1, 0.15) is 0 Å². The molecule has 0 aromatic heterocycles. The van der Waals surface area contributed by atoms with Crippen LogP contribution in [0.1, 0.15) is 6.92 Å². The normalized spacial score (nSPS) is 6.40. The lowest BCUT2D eigenvalue weighted by Gasteiger charge is -1.49. The first-order chi connectivity index (χ1) is 2.27. The average Bonchev–Trinajstić information content (AvgIpc) is 1.38. The fourth-order valence-electron chi connectivity index (χ4n) is 0. The predicted molar refractivity (Wildman–Crippen MR) is 19.6 cm³/mol. The Labute approximate surface area is 31.3 Å². The molecule has 0 spiro atoms. The lowest BCUT2D eigenvalue weighted by molar-refractivity contribution is -0.104. The first kappa shape index (κ1) is 4.32. The zero-order chi connectivity index (χ0) is 4.28. The van der Waals surface area contributed by atoms with E-state index in [0.717, 1.165) is 0 Å². The van der Waals surface area contributed by atoms with Crippen molar-refractivity contribution in [3.05, 3.63) is 12.2 Å². The SMILES string of the molecule is [CH+]=C(C)C=O. The molecule has 0 aliphatic rings. The van der Waals surface area contributed by atoms with E-state index in [4.69, 9.17) is 6.58 Å². The molecular weight excluding hydrogens is 64.0 g/mol. The Hall–Kier alpha value is -0.680. The Bertz CT molecular complexity index is 54.7. The van der Waals surface area contributed by atoms with Crippen LogP contribution in [0.5, 0.6) is 0 Å². The zero-order valence-corrected chi connectivity index (χ0v) is 3.06. The summed E-state index contributed by atoms with van der Waals surface area (Å²) < 4.78 is 0. The van der Waals surface area contributed by atoms with Gasteiger partial charge in [0.25, 0.3) is 6.29 Å². The average molecular weight is 69.1 g/mol. The van der Waals surface area contributed by atoms with Crippen LogP contribution in [-0.4, -0.2) is 6.29 Å². The van der Waals surface area contributed by atoms with Crippen molar-refractivity contribution in [2.45, 2.75) is 6.92 Å². The molecule has 26 valence electrons. The Morgan fingerprint density at radius 2 is 2.20 bits per heavy atom. The molecule has 0 aliphatic heterocycles. The molecular formula is C4H5O+. The number of aldehydes is 1. The van der Waals surface area contributed by atoms with Crippen molar-refractivity contribution in [3.63, 3.8) is 0 Å². The van der Waals surface area contributed by atoms with Gasteiger partial charge >= 0.3 is 0 Å². The summed E-state index contributed by atoms with van der Waals surface area (Å²) in [5.41, 5.74) is 0.324. The van der Waals surface area contributed by atoms with E-state index in [1.807, 2.05) is 0 Å². The number of hydrogen-bond donors (Lipinski definition) is 0. The Balaban J connectivity index is 3.20. The maximum absolute atomic E-state index is 9.34. The highest BCUT2D eigenvalue weighted by Crippen LogP contribution is 1.70. The molecule has 1 heteroatoms. The molecule has 5 heavy (non-hydrogen) atoms. The Kier molecular flexibility index (Phi) is 1.40. The van der Waals surface area contributed by atoms with Crippen LogP contribution in [0.2, 0.25) is 0 Å². The molecule has 0 radical (unpaired) electrons. The summed E-state index contributed by atoms with van der Waals surface area (Å²) in [6.45, 7) is 6.39. The molecule has 0 saturated carbocycles. The minimum Gasteiger partial charge on any atom is -0.180 e. The lowest BCUT2D eigenvalue weighted by Crippen LogP contribution is -1.65. The third-order valence-electron chi connectivity index (χ3n) is 0.186. The molecule has 0 saturated heterocycles. The number of allylic oxidation sites excluding steroid dienone is 1. The second kappa shape index (κ2) is 1.62. The highest BCUT2D eigenvalue weighted by Gasteiger charge is 1.82. The number of hydrogen-bond acceptors (Lipinski definition) is 1. The molecule has 0 aliphatic carbocycles. The van der Waals surface area contributed by atoms with E-state index in [2.05, 4.69) is 0 Å². The van der Waals surface area contributed by atoms with Crippen LogP contribution < -0.4 is 0 Å². The van der Waals surface area contributed by atoms with Gasteiger partial charge in [0, 0.05) is 6.92 Å². The summed E-state index contributed by atoms with van der Waals surface area (Å²) in [7, 11) is 0. The number of carbonyl (C=O) groups excluding carboxylic acids is 1. The van der Waals surface area contributed by atoms with Crippen molar-refractivity contribution < 1.29 is 4.79 Å². The number of rotatable bonds is 1. The first-order valence-electron chi connectivity index (χ1n) is 1.31. The van der Waals surface area contributed by atoms with Crippen molar-refractivity contribution in [1.29, 1.82) is 0 Å². The molecule has 0 aromatic rings. The quantitative estimate of drug-likeness (QED) is 0.250. The number of carbonyl (C=O) groups is 1. The molecule has 0 rings (SSSR count). The van der Waals surface area contributed by atoms with E-state index in [-0.39, 0.29) is 0 Å². The van der Waals surface area contributed by atoms with Gasteiger partial charge in [-0.25, -0.2) is 0 Å². The smallest absolute Gasteiger partial charge is 0.180 e. The molecule has 0 fully saturated rings. The highest BCUT2D eigenvalue weighted by molar-refractivity contribution is 5.70. The van der Waals surface area contributed by atoms with Crippen LogP contribution in [0, 0.1) is 6.58 Å². The summed E-state index contributed by atoms with van der Waals surface area (Å²) in [6.07, 6.45) is 0.611. The van der Waals surface area contributed by atoms with Gasteiger partial charge in [-0.3, -0.25) is 0 Å². The molecule has 0 N–H and O–H groups in total. The minimum absolute atomic E-state index is 0.324. The van der Waals surface area contributed by atoms with Crippen molar-refractivity contribution in [3.8, 4) is 0 Å². The van der Waals surface area contributed by atoms with E-state index >= 15 is 0 Å². The fourth-order valence-corrected chi connectivity index (χ4v) is 0. The van der Waals surface area contributed by atoms with Gasteiger partial charge in [-0.05, 0) is 0 Å². The molecule has 0 atom stereocenters. The zero-order valence-electron chi connectivity index (χ0n) is 3.06. The molecule has 0 unspecified atom stereocenters. The highest BCUT2D eigenvalue weighted by atomic mass is 16.1. The van der Waals surface area contributed by atoms with E-state index < -0.39 is 0 Å². The van der Waals surface area contributed by atoms with E-state index in [1.165, 1.54) is 0 Å². The second-order valence-corrected chi connectivity index (χ2v) is 0.862. The van der Waals surface area contributed by atoms with Gasteiger partial charge in [0.15, 0.2) is 0 Å². The molecule has 1 nitrogen and oxygen atoms in total. The van der Waals surface area contributed by atoms with Gasteiger partial charge < -0.3 is 0 Å². The van der Waals surface area contributed by atoms with Crippen molar-refractivity contribution in [1.82, 2.24) is 0 Å². The third-order valence-corrected chi connectivity index (χ3v) is 0.186. The summed E-state index contributed by atoms with van der Waals surface area (Å²) in [6, 6.07) is 0. The molecule has 0 heterocycles. The summed E-state index contributed by atoms with van der Waals surface area (Å²) in [4.78, 5) is 9.34. The van der Waals surface area contributed by atoms with E-state index in [1.54, 1.807) is 6.92 Å². The second-order valence-electron chi connectivity index (χ2n) is 0.862. The lowest BCUT2D eigenvalue weighted by atomic mass is 10.4. The van der Waals surface area contributed by atoms with Crippen LogP contribution in [-0.2, 0) is 4.79 Å². The van der Waals surface area contributed by atoms with Crippen molar-refractivity contribution in [2.75, 3.05) is 0 Å². The van der Waals surface area contributed by atoms with Gasteiger partial charge in [-0.2, -0.15) is 4.79 Å². The van der Waals surface area contributed by atoms with Crippen LogP contribution >= 0.6 is 0 Å². The molecule has 0 bridgehead atoms. The third kappa shape index (κ3) is 3.32. The first-order valence-corrected chi connectivity index (χ1v) is 1.31. The van der Waals surface area contributed by atoms with E-state index in [0.29, 0.717) is 11.9 Å². The summed E-state index contributed by atoms with van der Waals surface area (Å²) >= 11 is 0. The van der Waals surface area contributed by atoms with Gasteiger partial charge in [-0.15, -0.1) is 0 Å². The largest absolute Gasteiger partial charge is 0.291 e. The van der Waals surface area contributed by atoms with E-state index in [9.17, 15) is 4.79 Å². The van der Waals surface area contributed by atoms with Gasteiger partial charge in [0.05, 0.1) is 6.58 Å². The van der Waals surface area contributed by atoms with Gasteiger partial charge in [0.2, 0.25) is 5.57 Å². The maximum atomic E-state index is 9.34. The monoisotopic (exact) mass is 69.0 g/mol. The van der Waals surface area contributed by atoms with Crippen molar-refractivity contribution in [2.24, 2.45) is 0 Å². The van der Waals surface area contributed by atoms with Gasteiger partial charge in [-0.1, -0.05) is 0 Å². The molecule has 0 amide bonds. The summed E-state index contributed by atoms with van der Waals surface area (Å²) in [5, 5.41) is 0. The fraction of sp³-hybridized carbons (Fsp3) is 0.250. The maximum Gasteiger partial charge on any atom is 0.291 e. The van der Waals surface area contributed by atoms with Crippen LogP contribution in [0.25, 0.3) is 0 Å². The molecule has 0 aromatic carbocycles. The standard InChI is InChI=1S/C4H5O/c1-4(2)3-5/h1,3H,2H3/q+1. The van der Waals surface area contributed by atoms with Crippen LogP contribution in [0.3, 0.4) is 0 Å². The Morgan fingerprint density at radius 3 is 2.20 bits per heavy atom. The Morgan fingerprint density at radius 1 is 2.00 bits per heavy atom. The topological polar surface area (TPSA) is 17.1 Å². The predicted octanol–water partition coefficient (Wildman–Crippen LogP) is 0.565. The van der Waals surface area contributed by atoms with Crippen LogP contribution in [0.4, 0.5) is 0 Å². The van der Waals surface area contributed by atoms with Crippen LogP contribution in [0.15, 0.2) is 5.57 Å². The minimum atomic E-state index is 0.324. The van der Waals surface area contributed by atoms with Crippen molar-refractivity contribution >= 4 is 6.29 Å².